The summed E-state index contributed by atoms with van der Waals surface area (Å²) in [6.45, 7) is 4.88. The van der Waals surface area contributed by atoms with Crippen molar-refractivity contribution in [1.82, 2.24) is 0 Å². The van der Waals surface area contributed by atoms with Crippen LogP contribution in [0.25, 0.3) is 0 Å². The van der Waals surface area contributed by atoms with E-state index in [0.717, 1.165) is 28.1 Å². The second-order valence-electron chi connectivity index (χ2n) is 4.01. The molecule has 2 aromatic rings. The van der Waals surface area contributed by atoms with Gasteiger partial charge in [-0.15, -0.1) is 0 Å². The molecule has 2 nitrogen and oxygen atoms in total. The lowest BCUT2D eigenvalue weighted by atomic mass is 10.2. The largest absolute Gasteiger partial charge is 0.464 e. The Bertz CT molecular complexity index is 505. The molecule has 0 bridgehead atoms. The van der Waals surface area contributed by atoms with Crippen LogP contribution in [-0.2, 0) is 13.0 Å². The number of rotatable bonds is 4. The minimum atomic E-state index is 0.710. The Labute approximate surface area is 110 Å². The Hall–Kier alpha value is -1.22. The molecule has 3 heteroatoms. The first-order chi connectivity index (χ1) is 8.20. The zero-order valence-electron chi connectivity index (χ0n) is 10.1. The highest BCUT2D eigenvalue weighted by Crippen LogP contribution is 2.26. The summed E-state index contributed by atoms with van der Waals surface area (Å²) in [4.78, 5) is 0. The van der Waals surface area contributed by atoms with Crippen molar-refractivity contribution in [3.05, 3.63) is 51.9 Å². The number of halogens is 1. The third-order valence-corrected chi connectivity index (χ3v) is 3.76. The lowest BCUT2D eigenvalue weighted by Crippen LogP contribution is -1.99. The molecule has 1 N–H and O–H groups in total. The fourth-order valence-corrected chi connectivity index (χ4v) is 2.08. The third-order valence-electron chi connectivity index (χ3n) is 2.71. The van der Waals surface area contributed by atoms with Crippen LogP contribution in [-0.4, -0.2) is 0 Å². The lowest BCUT2D eigenvalue weighted by Gasteiger charge is -2.08. The number of hydrogen-bond acceptors (Lipinski definition) is 2. The summed E-state index contributed by atoms with van der Waals surface area (Å²) in [7, 11) is 0. The molecule has 0 aliphatic heterocycles. The molecule has 0 radical (unpaired) electrons. The normalized spacial score (nSPS) is 10.5. The number of anilines is 1. The highest BCUT2D eigenvalue weighted by atomic mass is 79.9. The SMILES string of the molecule is CCc1ccc(CNc2cccc(C)c2Br)o1. The molecule has 0 spiro atoms. The Kier molecular flexibility index (Phi) is 3.89. The number of furan rings is 1. The van der Waals surface area contributed by atoms with Crippen molar-refractivity contribution in [2.45, 2.75) is 26.8 Å². The first kappa shape index (κ1) is 12.2. The van der Waals surface area contributed by atoms with Gasteiger partial charge < -0.3 is 9.73 Å². The monoisotopic (exact) mass is 293 g/mol. The Morgan fingerprint density at radius 1 is 1.18 bits per heavy atom. The smallest absolute Gasteiger partial charge is 0.123 e. The second kappa shape index (κ2) is 5.41. The van der Waals surface area contributed by atoms with Crippen LogP contribution in [0.3, 0.4) is 0 Å². The predicted molar refractivity (Wildman–Crippen MR) is 74.3 cm³/mol. The van der Waals surface area contributed by atoms with E-state index < -0.39 is 0 Å². The van der Waals surface area contributed by atoms with E-state index in [4.69, 9.17) is 4.42 Å². The van der Waals surface area contributed by atoms with Crippen LogP contribution in [0, 0.1) is 6.92 Å². The summed E-state index contributed by atoms with van der Waals surface area (Å²) < 4.78 is 6.76. The lowest BCUT2D eigenvalue weighted by molar-refractivity contribution is 0.476. The minimum absolute atomic E-state index is 0.710. The first-order valence-electron chi connectivity index (χ1n) is 5.77. The molecule has 0 saturated heterocycles. The second-order valence-corrected chi connectivity index (χ2v) is 4.80. The van der Waals surface area contributed by atoms with Crippen molar-refractivity contribution in [2.24, 2.45) is 0 Å². The maximum absolute atomic E-state index is 5.65. The maximum atomic E-state index is 5.65. The van der Waals surface area contributed by atoms with Gasteiger partial charge in [0.15, 0.2) is 0 Å². The summed E-state index contributed by atoms with van der Waals surface area (Å²) in [5.41, 5.74) is 2.32. The summed E-state index contributed by atoms with van der Waals surface area (Å²) in [5.74, 6) is 2.00. The van der Waals surface area contributed by atoms with Crippen LogP contribution in [0.5, 0.6) is 0 Å². The van der Waals surface area contributed by atoms with Crippen molar-refractivity contribution < 1.29 is 4.42 Å². The fraction of sp³-hybridized carbons (Fsp3) is 0.286. The average Bonchev–Trinajstić information content (AvgIpc) is 2.79. The van der Waals surface area contributed by atoms with E-state index in [-0.39, 0.29) is 0 Å². The molecule has 0 aliphatic carbocycles. The molecule has 0 amide bonds. The van der Waals surface area contributed by atoms with E-state index in [2.05, 4.69) is 47.2 Å². The van der Waals surface area contributed by atoms with E-state index >= 15 is 0 Å². The maximum Gasteiger partial charge on any atom is 0.123 e. The van der Waals surface area contributed by atoms with Gasteiger partial charge in [0.1, 0.15) is 11.5 Å². The van der Waals surface area contributed by atoms with Crippen molar-refractivity contribution in [1.29, 1.82) is 0 Å². The Morgan fingerprint density at radius 3 is 2.65 bits per heavy atom. The number of benzene rings is 1. The van der Waals surface area contributed by atoms with Gasteiger partial charge in [0.2, 0.25) is 0 Å². The van der Waals surface area contributed by atoms with Gasteiger partial charge in [-0.25, -0.2) is 0 Å². The molecule has 0 saturated carbocycles. The highest BCUT2D eigenvalue weighted by Gasteiger charge is 2.04. The van der Waals surface area contributed by atoms with Crippen molar-refractivity contribution in [3.8, 4) is 0 Å². The van der Waals surface area contributed by atoms with Gasteiger partial charge in [0, 0.05) is 16.6 Å². The minimum Gasteiger partial charge on any atom is -0.464 e. The van der Waals surface area contributed by atoms with Gasteiger partial charge in [-0.2, -0.15) is 0 Å². The molecule has 90 valence electrons. The van der Waals surface area contributed by atoms with Crippen LogP contribution in [0.1, 0.15) is 24.0 Å². The molecule has 17 heavy (non-hydrogen) atoms. The molecule has 1 aromatic heterocycles. The van der Waals surface area contributed by atoms with Crippen molar-refractivity contribution in [2.75, 3.05) is 5.32 Å². The van der Waals surface area contributed by atoms with E-state index in [1.807, 2.05) is 18.2 Å². The van der Waals surface area contributed by atoms with Crippen molar-refractivity contribution in [3.63, 3.8) is 0 Å². The number of aryl methyl sites for hydroxylation is 2. The Balaban J connectivity index is 2.04. The quantitative estimate of drug-likeness (QED) is 0.896. The zero-order chi connectivity index (χ0) is 12.3. The Morgan fingerprint density at radius 2 is 1.94 bits per heavy atom. The van der Waals surface area contributed by atoms with E-state index in [0.29, 0.717) is 6.54 Å². The average molecular weight is 294 g/mol. The van der Waals surface area contributed by atoms with E-state index in [1.165, 1.54) is 5.56 Å². The van der Waals surface area contributed by atoms with Gasteiger partial charge in [-0.3, -0.25) is 0 Å². The van der Waals surface area contributed by atoms with Gasteiger partial charge in [0.25, 0.3) is 0 Å². The van der Waals surface area contributed by atoms with Crippen LogP contribution in [0.2, 0.25) is 0 Å². The fourth-order valence-electron chi connectivity index (χ4n) is 1.67. The van der Waals surface area contributed by atoms with Crippen molar-refractivity contribution >= 4 is 21.6 Å². The standard InChI is InChI=1S/C14H16BrNO/c1-3-11-7-8-12(17-11)9-16-13-6-4-5-10(2)14(13)15/h4-8,16H,3,9H2,1-2H3. The molecular weight excluding hydrogens is 278 g/mol. The molecule has 2 rings (SSSR count). The van der Waals surface area contributed by atoms with Gasteiger partial charge in [0.05, 0.1) is 6.54 Å². The van der Waals surface area contributed by atoms with Crippen LogP contribution in [0.15, 0.2) is 39.2 Å². The first-order valence-corrected chi connectivity index (χ1v) is 6.56. The molecule has 1 heterocycles. The van der Waals surface area contributed by atoms with Gasteiger partial charge >= 0.3 is 0 Å². The highest BCUT2D eigenvalue weighted by molar-refractivity contribution is 9.10. The van der Waals surface area contributed by atoms with Crippen LogP contribution in [0.4, 0.5) is 5.69 Å². The third kappa shape index (κ3) is 2.91. The molecular formula is C14H16BrNO. The summed E-state index contributed by atoms with van der Waals surface area (Å²) in [6.07, 6.45) is 0.939. The number of hydrogen-bond donors (Lipinski definition) is 1. The predicted octanol–water partition coefficient (Wildman–Crippen LogP) is 4.53. The summed E-state index contributed by atoms with van der Waals surface area (Å²) >= 11 is 3.58. The summed E-state index contributed by atoms with van der Waals surface area (Å²) in [6, 6.07) is 10.2. The van der Waals surface area contributed by atoms with Crippen LogP contribution >= 0.6 is 15.9 Å². The zero-order valence-corrected chi connectivity index (χ0v) is 11.7. The van der Waals surface area contributed by atoms with Gasteiger partial charge in [-0.1, -0.05) is 19.1 Å². The molecule has 0 aliphatic rings. The van der Waals surface area contributed by atoms with E-state index in [9.17, 15) is 0 Å². The molecule has 1 aromatic carbocycles. The van der Waals surface area contributed by atoms with Crippen LogP contribution < -0.4 is 5.32 Å². The topological polar surface area (TPSA) is 25.2 Å². The molecule has 0 fully saturated rings. The summed E-state index contributed by atoms with van der Waals surface area (Å²) in [5, 5.41) is 3.37. The van der Waals surface area contributed by atoms with E-state index in [1.54, 1.807) is 0 Å². The molecule has 0 unspecified atom stereocenters. The number of nitrogens with one attached hydrogen (secondary N) is 1. The van der Waals surface area contributed by atoms with Gasteiger partial charge in [-0.05, 0) is 46.6 Å². The molecule has 0 atom stereocenters.